The van der Waals surface area contributed by atoms with E-state index < -0.39 is 6.09 Å². The molecule has 2 aromatic carbocycles. The van der Waals surface area contributed by atoms with Crippen molar-refractivity contribution in [2.45, 2.75) is 13.1 Å². The summed E-state index contributed by atoms with van der Waals surface area (Å²) in [6.07, 6.45) is 0.294. The lowest BCUT2D eigenvalue weighted by molar-refractivity contribution is -0.853. The van der Waals surface area contributed by atoms with Gasteiger partial charge in [-0.15, -0.1) is 0 Å². The molecule has 2 aromatic rings. The van der Waals surface area contributed by atoms with Crippen LogP contribution in [0.3, 0.4) is 0 Å². The number of nitrogens with zero attached hydrogens (tertiary/aromatic N) is 1. The minimum Gasteiger partial charge on any atom is -0.498 e. The molecule has 0 heterocycles. The second kappa shape index (κ2) is 6.17. The predicted molar refractivity (Wildman–Crippen MR) is 76.1 cm³/mol. The third-order valence-electron chi connectivity index (χ3n) is 3.33. The molecule has 0 aromatic heterocycles. The summed E-state index contributed by atoms with van der Waals surface area (Å²) >= 11 is 0. The highest BCUT2D eigenvalue weighted by Crippen LogP contribution is 2.20. The van der Waals surface area contributed by atoms with Crippen LogP contribution in [0.1, 0.15) is 11.1 Å². The number of rotatable bonds is 5. The lowest BCUT2D eigenvalue weighted by Gasteiger charge is -2.34. The maximum atomic E-state index is 11.7. The Bertz CT molecular complexity index is 537. The van der Waals surface area contributed by atoms with Gasteiger partial charge in [-0.3, -0.25) is 0 Å². The largest absolute Gasteiger partial charge is 0.498 e. The zero-order chi connectivity index (χ0) is 14.4. The van der Waals surface area contributed by atoms with Gasteiger partial charge in [0.2, 0.25) is 0 Å². The van der Waals surface area contributed by atoms with E-state index in [2.05, 4.69) is 6.58 Å². The van der Waals surface area contributed by atoms with Crippen molar-refractivity contribution in [1.82, 2.24) is 0 Å². The van der Waals surface area contributed by atoms with Crippen LogP contribution in [-0.4, -0.2) is 10.6 Å². The van der Waals surface area contributed by atoms with Gasteiger partial charge in [-0.25, -0.2) is 4.48 Å². The SMILES string of the molecule is C=C[N+](Cc1ccccc1)(Cc1ccccc1)C(=O)[O-]. The van der Waals surface area contributed by atoms with E-state index in [1.165, 1.54) is 6.20 Å². The molecule has 0 spiro atoms. The molecule has 0 radical (unpaired) electrons. The normalized spacial score (nSPS) is 11.0. The number of quaternary nitrogens is 1. The van der Waals surface area contributed by atoms with Crippen molar-refractivity contribution in [2.75, 3.05) is 0 Å². The Labute approximate surface area is 119 Å². The van der Waals surface area contributed by atoms with Crippen molar-refractivity contribution in [3.63, 3.8) is 0 Å². The first-order valence-corrected chi connectivity index (χ1v) is 6.46. The summed E-state index contributed by atoms with van der Waals surface area (Å²) in [5.41, 5.74) is 1.88. The minimum absolute atomic E-state index is 0.321. The second-order valence-electron chi connectivity index (χ2n) is 4.77. The van der Waals surface area contributed by atoms with E-state index in [1.807, 2.05) is 60.7 Å². The van der Waals surface area contributed by atoms with Gasteiger partial charge < -0.3 is 9.90 Å². The molecule has 3 heteroatoms. The number of carboxylic acid groups (broad SMARTS) is 1. The number of carbonyl (C=O) groups is 1. The molecule has 0 atom stereocenters. The zero-order valence-corrected chi connectivity index (χ0v) is 11.2. The van der Waals surface area contributed by atoms with Gasteiger partial charge in [-0.1, -0.05) is 60.7 Å². The summed E-state index contributed by atoms with van der Waals surface area (Å²) in [5.74, 6) is 0. The molecule has 0 N–H and O–H groups in total. The number of carbonyl (C=O) groups excluding carboxylic acids is 1. The quantitative estimate of drug-likeness (QED) is 0.781. The van der Waals surface area contributed by atoms with E-state index >= 15 is 0 Å². The van der Waals surface area contributed by atoms with Gasteiger partial charge >= 0.3 is 0 Å². The molecule has 0 aliphatic heterocycles. The van der Waals surface area contributed by atoms with Crippen molar-refractivity contribution in [3.8, 4) is 0 Å². The summed E-state index contributed by atoms with van der Waals surface area (Å²) in [5, 5.41) is 11.7. The molecule has 0 aliphatic rings. The van der Waals surface area contributed by atoms with E-state index in [4.69, 9.17) is 0 Å². The summed E-state index contributed by atoms with van der Waals surface area (Å²) < 4.78 is -0.325. The van der Waals surface area contributed by atoms with Gasteiger partial charge in [0, 0.05) is 11.1 Å². The average molecular weight is 267 g/mol. The fourth-order valence-corrected chi connectivity index (χ4v) is 2.21. The third-order valence-corrected chi connectivity index (χ3v) is 3.33. The predicted octanol–water partition coefficient (Wildman–Crippen LogP) is 2.69. The number of amides is 1. The van der Waals surface area contributed by atoms with Crippen LogP contribution in [-0.2, 0) is 13.1 Å². The average Bonchev–Trinajstić information content (AvgIpc) is 2.48. The Morgan fingerprint density at radius 1 is 0.950 bits per heavy atom. The highest BCUT2D eigenvalue weighted by atomic mass is 16.4. The summed E-state index contributed by atoms with van der Waals surface area (Å²) in [6, 6.07) is 19.0. The van der Waals surface area contributed by atoms with Crippen molar-refractivity contribution in [1.29, 1.82) is 0 Å². The maximum Gasteiger partial charge on any atom is 0.262 e. The van der Waals surface area contributed by atoms with E-state index in [-0.39, 0.29) is 4.48 Å². The van der Waals surface area contributed by atoms with Crippen LogP contribution in [0.5, 0.6) is 0 Å². The molecule has 2 rings (SSSR count). The molecular formula is C17H17NO2. The van der Waals surface area contributed by atoms with Gasteiger partial charge in [0.05, 0.1) is 6.20 Å². The molecule has 1 amide bonds. The molecule has 3 nitrogen and oxygen atoms in total. The summed E-state index contributed by atoms with van der Waals surface area (Å²) in [4.78, 5) is 11.7. The summed E-state index contributed by atoms with van der Waals surface area (Å²) in [6.45, 7) is 4.34. The van der Waals surface area contributed by atoms with Gasteiger partial charge in [0.25, 0.3) is 6.09 Å². The fourth-order valence-electron chi connectivity index (χ4n) is 2.21. The van der Waals surface area contributed by atoms with Crippen LogP contribution < -0.4 is 5.11 Å². The monoisotopic (exact) mass is 267 g/mol. The lowest BCUT2D eigenvalue weighted by atomic mass is 10.1. The first-order valence-electron chi connectivity index (χ1n) is 6.46. The topological polar surface area (TPSA) is 40.1 Å². The molecule has 0 aliphatic carbocycles. The molecule has 0 unspecified atom stereocenters. The Morgan fingerprint density at radius 2 is 1.35 bits per heavy atom. The van der Waals surface area contributed by atoms with Gasteiger partial charge in [0.1, 0.15) is 13.1 Å². The van der Waals surface area contributed by atoms with Crippen molar-refractivity contribution >= 4 is 6.09 Å². The third kappa shape index (κ3) is 3.13. The Morgan fingerprint density at radius 3 is 1.65 bits per heavy atom. The van der Waals surface area contributed by atoms with Crippen molar-refractivity contribution in [2.24, 2.45) is 0 Å². The van der Waals surface area contributed by atoms with E-state index in [0.29, 0.717) is 13.1 Å². The first kappa shape index (κ1) is 14.0. The van der Waals surface area contributed by atoms with Crippen LogP contribution in [0.15, 0.2) is 73.4 Å². The van der Waals surface area contributed by atoms with Crippen LogP contribution in [0.25, 0.3) is 0 Å². The minimum atomic E-state index is -1.15. The molecule has 20 heavy (non-hydrogen) atoms. The van der Waals surface area contributed by atoms with Gasteiger partial charge in [-0.2, -0.15) is 0 Å². The van der Waals surface area contributed by atoms with Crippen LogP contribution in [0.2, 0.25) is 0 Å². The van der Waals surface area contributed by atoms with Crippen LogP contribution in [0, 0.1) is 0 Å². The second-order valence-corrected chi connectivity index (χ2v) is 4.77. The Balaban J connectivity index is 2.30. The number of hydrogen-bond donors (Lipinski definition) is 0. The molecular weight excluding hydrogens is 250 g/mol. The molecule has 0 bridgehead atoms. The lowest BCUT2D eigenvalue weighted by Crippen LogP contribution is -2.53. The van der Waals surface area contributed by atoms with Gasteiger partial charge in [0.15, 0.2) is 0 Å². The van der Waals surface area contributed by atoms with E-state index in [9.17, 15) is 9.90 Å². The smallest absolute Gasteiger partial charge is 0.262 e. The maximum absolute atomic E-state index is 11.7. The Hall–Kier alpha value is -2.39. The van der Waals surface area contributed by atoms with E-state index in [0.717, 1.165) is 11.1 Å². The highest BCUT2D eigenvalue weighted by Gasteiger charge is 2.28. The zero-order valence-electron chi connectivity index (χ0n) is 11.2. The molecule has 0 saturated heterocycles. The van der Waals surface area contributed by atoms with Crippen molar-refractivity contribution in [3.05, 3.63) is 84.6 Å². The number of benzene rings is 2. The Kier molecular flexibility index (Phi) is 4.33. The molecule has 102 valence electrons. The molecule has 0 saturated carbocycles. The van der Waals surface area contributed by atoms with Gasteiger partial charge in [-0.05, 0) is 6.58 Å². The summed E-state index contributed by atoms with van der Waals surface area (Å²) in [7, 11) is 0. The van der Waals surface area contributed by atoms with Crippen molar-refractivity contribution < 1.29 is 14.4 Å². The van der Waals surface area contributed by atoms with Crippen LogP contribution in [0.4, 0.5) is 4.79 Å². The first-order chi connectivity index (χ1) is 9.66. The van der Waals surface area contributed by atoms with Crippen LogP contribution >= 0.6 is 0 Å². The highest BCUT2D eigenvalue weighted by molar-refractivity contribution is 5.55. The number of hydrogen-bond acceptors (Lipinski definition) is 2. The molecule has 0 fully saturated rings. The fraction of sp³-hybridized carbons (Fsp3) is 0.118. The standard InChI is InChI=1S/C17H17NO2/c1-2-18(17(19)20,13-15-9-5-3-6-10-15)14-16-11-7-4-8-12-16/h2-12H,1,13-14H2. The van der Waals surface area contributed by atoms with E-state index in [1.54, 1.807) is 0 Å².